The van der Waals surface area contributed by atoms with Crippen LogP contribution in [-0.2, 0) is 0 Å². The number of carbonyl (C=O) groups excluding carboxylic acids is 1. The third-order valence-corrected chi connectivity index (χ3v) is 6.06. The third-order valence-electron chi connectivity index (χ3n) is 6.06. The average molecular weight is 500 g/mol. The molecule has 0 unspecified atom stereocenters. The monoisotopic (exact) mass is 499 g/mol. The Bertz CT molecular complexity index is 1160. The number of likely N-dealkylation sites (tertiary alicyclic amines) is 1. The molecule has 1 atom stereocenters. The number of hydrogen-bond acceptors (Lipinski definition) is 7. The fourth-order valence-electron chi connectivity index (χ4n) is 4.45. The number of amides is 1. The molecule has 37 heavy (non-hydrogen) atoms. The zero-order valence-corrected chi connectivity index (χ0v) is 21.7. The van der Waals surface area contributed by atoms with Gasteiger partial charge in [-0.1, -0.05) is 12.1 Å². The number of hydrogen-bond donors (Lipinski definition) is 1. The maximum absolute atomic E-state index is 12.8. The normalized spacial score (nSPS) is 15.7. The van der Waals surface area contributed by atoms with Gasteiger partial charge in [0.25, 0.3) is 5.91 Å². The van der Waals surface area contributed by atoms with E-state index in [0.717, 1.165) is 24.1 Å². The highest BCUT2D eigenvalue weighted by Gasteiger charge is 2.32. The molecule has 4 rings (SSSR count). The molecule has 3 heterocycles. The van der Waals surface area contributed by atoms with Crippen LogP contribution in [0.2, 0.25) is 0 Å². The third kappa shape index (κ3) is 6.83. The number of aromatic nitrogens is 2. The average Bonchev–Trinajstić information content (AvgIpc) is 3.33. The lowest BCUT2D eigenvalue weighted by Crippen LogP contribution is -2.38. The van der Waals surface area contributed by atoms with Gasteiger partial charge in [-0.3, -0.25) is 9.69 Å². The van der Waals surface area contributed by atoms with Crippen LogP contribution in [0.4, 0.5) is 0 Å². The summed E-state index contributed by atoms with van der Waals surface area (Å²) in [6, 6.07) is 16.5. The summed E-state index contributed by atoms with van der Waals surface area (Å²) in [4.78, 5) is 24.2. The van der Waals surface area contributed by atoms with E-state index in [-0.39, 0.29) is 30.2 Å². The summed E-state index contributed by atoms with van der Waals surface area (Å²) < 4.78 is 11.5. The summed E-state index contributed by atoms with van der Waals surface area (Å²) in [5.74, 6) is 1.04. The second-order valence-corrected chi connectivity index (χ2v) is 9.74. The van der Waals surface area contributed by atoms with Gasteiger partial charge in [0.05, 0.1) is 29.9 Å². The van der Waals surface area contributed by atoms with Crippen molar-refractivity contribution in [1.29, 1.82) is 5.26 Å². The van der Waals surface area contributed by atoms with Gasteiger partial charge in [0, 0.05) is 49.2 Å². The predicted octanol–water partition coefficient (Wildman–Crippen LogP) is 4.52. The molecule has 3 aromatic rings. The van der Waals surface area contributed by atoms with Gasteiger partial charge in [0.2, 0.25) is 11.8 Å². The highest BCUT2D eigenvalue weighted by atomic mass is 16.5. The fraction of sp³-hybridized carbons (Fsp3) is 0.379. The van der Waals surface area contributed by atoms with Crippen LogP contribution in [-0.4, -0.2) is 52.1 Å². The molecule has 8 nitrogen and oxygen atoms in total. The van der Waals surface area contributed by atoms with Gasteiger partial charge in [0.15, 0.2) is 0 Å². The first kappa shape index (κ1) is 26.1. The Balaban J connectivity index is 1.52. The Labute approximate surface area is 218 Å². The summed E-state index contributed by atoms with van der Waals surface area (Å²) in [5, 5.41) is 12.1. The number of benzene rings is 1. The predicted molar refractivity (Wildman–Crippen MR) is 140 cm³/mol. The van der Waals surface area contributed by atoms with Crippen LogP contribution in [0.15, 0.2) is 60.9 Å². The summed E-state index contributed by atoms with van der Waals surface area (Å²) in [5.41, 5.74) is 3.12. The van der Waals surface area contributed by atoms with E-state index in [9.17, 15) is 4.79 Å². The minimum atomic E-state index is -0.137. The van der Waals surface area contributed by atoms with Gasteiger partial charge >= 0.3 is 0 Å². The number of pyridine rings is 2. The molecule has 8 heteroatoms. The van der Waals surface area contributed by atoms with Crippen molar-refractivity contribution in [3.05, 3.63) is 83.2 Å². The van der Waals surface area contributed by atoms with Crippen molar-refractivity contribution in [2.24, 2.45) is 0 Å². The van der Waals surface area contributed by atoms with Crippen LogP contribution in [0.1, 0.15) is 67.2 Å². The molecule has 1 saturated heterocycles. The number of rotatable bonds is 9. The molecule has 1 aromatic carbocycles. The van der Waals surface area contributed by atoms with Gasteiger partial charge in [-0.15, -0.1) is 0 Å². The number of carbonyl (C=O) groups is 1. The van der Waals surface area contributed by atoms with Crippen LogP contribution >= 0.6 is 0 Å². The van der Waals surface area contributed by atoms with Crippen molar-refractivity contribution in [2.75, 3.05) is 13.1 Å². The zero-order valence-electron chi connectivity index (χ0n) is 21.7. The number of nitriles is 1. The molecular formula is C29H33N5O3. The molecule has 1 aliphatic heterocycles. The molecule has 0 aliphatic carbocycles. The first-order valence-corrected chi connectivity index (χ1v) is 12.6. The Kier molecular flexibility index (Phi) is 8.36. The lowest BCUT2D eigenvalue weighted by atomic mass is 10.0. The molecule has 0 spiro atoms. The molecular weight excluding hydrogens is 466 g/mol. The molecule has 0 saturated carbocycles. The first-order chi connectivity index (χ1) is 17.8. The quantitative estimate of drug-likeness (QED) is 0.462. The Morgan fingerprint density at radius 1 is 0.946 bits per heavy atom. The molecule has 2 aromatic heterocycles. The molecule has 1 fully saturated rings. The van der Waals surface area contributed by atoms with Gasteiger partial charge in [0.1, 0.15) is 0 Å². The van der Waals surface area contributed by atoms with Crippen molar-refractivity contribution < 1.29 is 14.3 Å². The Hall–Kier alpha value is -3.96. The second kappa shape index (κ2) is 11.8. The van der Waals surface area contributed by atoms with Gasteiger partial charge in [-0.2, -0.15) is 5.26 Å². The minimum absolute atomic E-state index is 0.00124. The number of ether oxygens (including phenoxy) is 2. The molecule has 192 valence electrons. The summed E-state index contributed by atoms with van der Waals surface area (Å²) in [6.45, 7) is 9.38. The summed E-state index contributed by atoms with van der Waals surface area (Å²) in [7, 11) is 0. The van der Waals surface area contributed by atoms with Crippen molar-refractivity contribution in [3.8, 4) is 17.8 Å². The van der Waals surface area contributed by atoms with E-state index < -0.39 is 0 Å². The number of nitrogens with one attached hydrogen (secondary N) is 1. The topological polar surface area (TPSA) is 100 Å². The Morgan fingerprint density at radius 2 is 1.51 bits per heavy atom. The largest absolute Gasteiger partial charge is 0.475 e. The van der Waals surface area contributed by atoms with E-state index in [4.69, 9.17) is 14.7 Å². The lowest BCUT2D eigenvalue weighted by molar-refractivity contribution is 0.0937. The van der Waals surface area contributed by atoms with Gasteiger partial charge < -0.3 is 14.8 Å². The minimum Gasteiger partial charge on any atom is -0.475 e. The molecule has 1 amide bonds. The molecule has 1 N–H and O–H groups in total. The SMILES string of the molecule is CC(C)Oc1ccc(C(c2ccc(OC(C)C)nc2)N2CC[C@@H](NC(=O)c3ccc(C#N)cc3)C2)cn1. The maximum Gasteiger partial charge on any atom is 0.251 e. The van der Waals surface area contributed by atoms with Gasteiger partial charge in [-0.25, -0.2) is 9.97 Å². The van der Waals surface area contributed by atoms with Crippen molar-refractivity contribution in [3.63, 3.8) is 0 Å². The van der Waals surface area contributed by atoms with E-state index in [1.54, 1.807) is 24.3 Å². The van der Waals surface area contributed by atoms with Crippen molar-refractivity contribution in [2.45, 2.75) is 58.4 Å². The highest BCUT2D eigenvalue weighted by molar-refractivity contribution is 5.94. The van der Waals surface area contributed by atoms with E-state index in [1.165, 1.54) is 0 Å². The van der Waals surface area contributed by atoms with E-state index in [2.05, 4.69) is 26.3 Å². The van der Waals surface area contributed by atoms with Crippen LogP contribution in [0, 0.1) is 11.3 Å². The number of nitrogens with zero attached hydrogens (tertiary/aromatic N) is 4. The highest BCUT2D eigenvalue weighted by Crippen LogP contribution is 2.32. The fourth-order valence-corrected chi connectivity index (χ4v) is 4.45. The smallest absolute Gasteiger partial charge is 0.251 e. The lowest BCUT2D eigenvalue weighted by Gasteiger charge is -2.29. The summed E-state index contributed by atoms with van der Waals surface area (Å²) >= 11 is 0. The van der Waals surface area contributed by atoms with Crippen LogP contribution in [0.25, 0.3) is 0 Å². The van der Waals surface area contributed by atoms with Crippen molar-refractivity contribution in [1.82, 2.24) is 20.2 Å². The summed E-state index contributed by atoms with van der Waals surface area (Å²) in [6.07, 6.45) is 4.62. The zero-order chi connectivity index (χ0) is 26.4. The van der Waals surface area contributed by atoms with Crippen LogP contribution in [0.5, 0.6) is 11.8 Å². The molecule has 0 radical (unpaired) electrons. The maximum atomic E-state index is 12.8. The standard InChI is InChI=1S/C29H33N5O3/c1-19(2)36-26-11-9-23(16-31-26)28(24-10-12-27(32-17-24)37-20(3)4)34-14-13-25(18-34)33-29(35)22-7-5-21(15-30)6-8-22/h5-12,16-17,19-20,25,28H,13-14,18H2,1-4H3,(H,33,35)/t25-/m1/s1. The van der Waals surface area contributed by atoms with E-state index >= 15 is 0 Å². The first-order valence-electron chi connectivity index (χ1n) is 12.6. The van der Waals surface area contributed by atoms with Crippen LogP contribution in [0.3, 0.4) is 0 Å². The van der Waals surface area contributed by atoms with Crippen LogP contribution < -0.4 is 14.8 Å². The van der Waals surface area contributed by atoms with E-state index in [0.29, 0.717) is 29.4 Å². The second-order valence-electron chi connectivity index (χ2n) is 9.74. The Morgan fingerprint density at radius 3 is 1.97 bits per heavy atom. The molecule has 0 bridgehead atoms. The molecule has 1 aliphatic rings. The van der Waals surface area contributed by atoms with Crippen molar-refractivity contribution >= 4 is 5.91 Å². The van der Waals surface area contributed by atoms with E-state index in [1.807, 2.05) is 64.4 Å². The van der Waals surface area contributed by atoms with Gasteiger partial charge in [-0.05, 0) is 69.5 Å².